The molecule has 3 N–H and O–H groups in total. The number of nitrogens with one attached hydrogen (secondary N) is 1. The summed E-state index contributed by atoms with van der Waals surface area (Å²) in [5.41, 5.74) is 5.67. The molecule has 2 fully saturated rings. The van der Waals surface area contributed by atoms with E-state index in [2.05, 4.69) is 5.32 Å². The summed E-state index contributed by atoms with van der Waals surface area (Å²) in [6.45, 7) is 1.40. The quantitative estimate of drug-likeness (QED) is 0.778. The normalized spacial score (nSPS) is 33.4. The van der Waals surface area contributed by atoms with E-state index >= 15 is 0 Å². The van der Waals surface area contributed by atoms with Crippen molar-refractivity contribution in [2.45, 2.75) is 44.2 Å². The molecule has 5 heteroatoms. The zero-order valence-corrected chi connectivity index (χ0v) is 10.3. The number of halogens is 1. The van der Waals surface area contributed by atoms with E-state index in [1.807, 2.05) is 0 Å². The highest BCUT2D eigenvalue weighted by molar-refractivity contribution is 5.85. The second-order valence-corrected chi connectivity index (χ2v) is 4.54. The lowest BCUT2D eigenvalue weighted by atomic mass is 10.0. The number of ether oxygens (including phenoxy) is 1. The minimum Gasteiger partial charge on any atom is -0.368 e. The summed E-state index contributed by atoms with van der Waals surface area (Å²) in [6, 6.07) is 0.284. The number of carbonyl (C=O) groups is 1. The molecule has 1 saturated carbocycles. The minimum atomic E-state index is -0.205. The summed E-state index contributed by atoms with van der Waals surface area (Å²) in [6.07, 6.45) is 5.06. The SMILES string of the molecule is Cl.NCC1CCCC1NC(=O)[C@@H]1CCCO1. The average molecular weight is 249 g/mol. The van der Waals surface area contributed by atoms with Crippen LogP contribution < -0.4 is 11.1 Å². The average Bonchev–Trinajstić information content (AvgIpc) is 2.87. The van der Waals surface area contributed by atoms with Gasteiger partial charge < -0.3 is 15.8 Å². The van der Waals surface area contributed by atoms with E-state index < -0.39 is 0 Å². The Bertz CT molecular complexity index is 232. The molecule has 0 aromatic heterocycles. The van der Waals surface area contributed by atoms with Crippen LogP contribution in [0.3, 0.4) is 0 Å². The number of hydrogen-bond donors (Lipinski definition) is 2. The fraction of sp³-hybridized carbons (Fsp3) is 0.909. The third-order valence-electron chi connectivity index (χ3n) is 3.51. The second-order valence-electron chi connectivity index (χ2n) is 4.54. The molecule has 2 aliphatic rings. The van der Waals surface area contributed by atoms with Crippen LogP contribution in [0.5, 0.6) is 0 Å². The Hall–Kier alpha value is -0.320. The molecule has 1 aliphatic carbocycles. The van der Waals surface area contributed by atoms with Gasteiger partial charge in [-0.3, -0.25) is 4.79 Å². The number of amides is 1. The van der Waals surface area contributed by atoms with Crippen molar-refractivity contribution >= 4 is 18.3 Å². The molecule has 1 amide bonds. The highest BCUT2D eigenvalue weighted by Gasteiger charge is 2.31. The molecule has 4 nitrogen and oxygen atoms in total. The van der Waals surface area contributed by atoms with Crippen LogP contribution in [0.1, 0.15) is 32.1 Å². The number of nitrogens with two attached hydrogens (primary N) is 1. The van der Waals surface area contributed by atoms with E-state index in [1.165, 1.54) is 6.42 Å². The van der Waals surface area contributed by atoms with Crippen LogP contribution in [0, 0.1) is 5.92 Å². The zero-order valence-electron chi connectivity index (χ0n) is 9.48. The lowest BCUT2D eigenvalue weighted by Gasteiger charge is -2.21. The van der Waals surface area contributed by atoms with Crippen molar-refractivity contribution in [1.29, 1.82) is 0 Å². The molecule has 16 heavy (non-hydrogen) atoms. The lowest BCUT2D eigenvalue weighted by Crippen LogP contribution is -2.44. The van der Waals surface area contributed by atoms with Gasteiger partial charge in [-0.2, -0.15) is 0 Å². The van der Waals surface area contributed by atoms with Crippen LogP contribution >= 0.6 is 12.4 Å². The van der Waals surface area contributed by atoms with Gasteiger partial charge in [0.15, 0.2) is 0 Å². The van der Waals surface area contributed by atoms with E-state index in [1.54, 1.807) is 0 Å². The Balaban J connectivity index is 0.00000128. The Labute approximate surface area is 103 Å². The standard InChI is InChI=1S/C11H20N2O2.ClH/c12-7-8-3-1-4-9(8)13-11(14)10-5-2-6-15-10;/h8-10H,1-7,12H2,(H,13,14);1H/t8?,9?,10-;/m0./s1. The third kappa shape index (κ3) is 3.09. The molecule has 0 bridgehead atoms. The Kier molecular flexibility index (Phi) is 5.52. The van der Waals surface area contributed by atoms with Gasteiger partial charge in [0.25, 0.3) is 0 Å². The summed E-state index contributed by atoms with van der Waals surface area (Å²) in [5, 5.41) is 3.08. The largest absolute Gasteiger partial charge is 0.368 e. The number of carbonyl (C=O) groups excluding carboxylic acids is 1. The fourth-order valence-corrected chi connectivity index (χ4v) is 2.57. The maximum Gasteiger partial charge on any atom is 0.249 e. The number of rotatable bonds is 3. The summed E-state index contributed by atoms with van der Waals surface area (Å²) in [4.78, 5) is 11.8. The van der Waals surface area contributed by atoms with Gasteiger partial charge in [0.1, 0.15) is 6.10 Å². The van der Waals surface area contributed by atoms with Crippen LogP contribution in [0.4, 0.5) is 0 Å². The van der Waals surface area contributed by atoms with Crippen molar-refractivity contribution in [3.63, 3.8) is 0 Å². The van der Waals surface area contributed by atoms with Crippen molar-refractivity contribution in [2.24, 2.45) is 11.7 Å². The smallest absolute Gasteiger partial charge is 0.249 e. The van der Waals surface area contributed by atoms with Gasteiger partial charge in [0, 0.05) is 12.6 Å². The predicted molar refractivity (Wildman–Crippen MR) is 64.5 cm³/mol. The molecular weight excluding hydrogens is 228 g/mol. The van der Waals surface area contributed by atoms with E-state index in [-0.39, 0.29) is 30.5 Å². The highest BCUT2D eigenvalue weighted by Crippen LogP contribution is 2.25. The first-order valence-electron chi connectivity index (χ1n) is 5.93. The molecule has 0 aromatic rings. The van der Waals surface area contributed by atoms with Crippen molar-refractivity contribution in [3.05, 3.63) is 0 Å². The van der Waals surface area contributed by atoms with Gasteiger partial charge in [-0.25, -0.2) is 0 Å². The first kappa shape index (κ1) is 13.7. The fourth-order valence-electron chi connectivity index (χ4n) is 2.57. The van der Waals surface area contributed by atoms with E-state index in [0.29, 0.717) is 12.5 Å². The first-order valence-corrected chi connectivity index (χ1v) is 5.93. The number of hydrogen-bond acceptors (Lipinski definition) is 3. The summed E-state index contributed by atoms with van der Waals surface area (Å²) < 4.78 is 5.35. The van der Waals surface area contributed by atoms with Crippen molar-refractivity contribution in [1.82, 2.24) is 5.32 Å². The molecule has 0 spiro atoms. The van der Waals surface area contributed by atoms with Crippen molar-refractivity contribution in [2.75, 3.05) is 13.2 Å². The maximum absolute atomic E-state index is 11.8. The van der Waals surface area contributed by atoms with E-state index in [4.69, 9.17) is 10.5 Å². The molecule has 2 rings (SSSR count). The molecule has 94 valence electrons. The lowest BCUT2D eigenvalue weighted by molar-refractivity contribution is -0.131. The molecule has 1 saturated heterocycles. The first-order chi connectivity index (χ1) is 7.31. The van der Waals surface area contributed by atoms with Gasteiger partial charge in [0.05, 0.1) is 0 Å². The van der Waals surface area contributed by atoms with Crippen LogP contribution in [-0.4, -0.2) is 31.2 Å². The molecule has 0 aromatic carbocycles. The summed E-state index contributed by atoms with van der Waals surface area (Å²) in [7, 11) is 0. The topological polar surface area (TPSA) is 64.3 Å². The monoisotopic (exact) mass is 248 g/mol. The Morgan fingerprint density at radius 1 is 1.31 bits per heavy atom. The van der Waals surface area contributed by atoms with Crippen LogP contribution in [0.2, 0.25) is 0 Å². The molecule has 2 unspecified atom stereocenters. The van der Waals surface area contributed by atoms with Crippen molar-refractivity contribution in [3.8, 4) is 0 Å². The van der Waals surface area contributed by atoms with Gasteiger partial charge >= 0.3 is 0 Å². The van der Waals surface area contributed by atoms with Crippen LogP contribution in [0.15, 0.2) is 0 Å². The predicted octanol–water partition coefficient (Wildman–Crippen LogP) is 0.831. The molecule has 1 heterocycles. The van der Waals surface area contributed by atoms with Crippen LogP contribution in [0.25, 0.3) is 0 Å². The molecule has 3 atom stereocenters. The zero-order chi connectivity index (χ0) is 10.7. The molecule has 1 aliphatic heterocycles. The van der Waals surface area contributed by atoms with Gasteiger partial charge in [0.2, 0.25) is 5.91 Å². The van der Waals surface area contributed by atoms with Crippen molar-refractivity contribution < 1.29 is 9.53 Å². The third-order valence-corrected chi connectivity index (χ3v) is 3.51. The van der Waals surface area contributed by atoms with Crippen LogP contribution in [-0.2, 0) is 9.53 Å². The Morgan fingerprint density at radius 2 is 2.12 bits per heavy atom. The molecular formula is C11H21ClN2O2. The van der Waals surface area contributed by atoms with E-state index in [0.717, 1.165) is 32.3 Å². The van der Waals surface area contributed by atoms with Gasteiger partial charge in [-0.1, -0.05) is 6.42 Å². The highest BCUT2D eigenvalue weighted by atomic mass is 35.5. The Morgan fingerprint density at radius 3 is 2.75 bits per heavy atom. The maximum atomic E-state index is 11.8. The van der Waals surface area contributed by atoms with Gasteiger partial charge in [-0.15, -0.1) is 12.4 Å². The second kappa shape index (κ2) is 6.42. The van der Waals surface area contributed by atoms with E-state index in [9.17, 15) is 4.79 Å². The summed E-state index contributed by atoms with van der Waals surface area (Å²) >= 11 is 0. The molecule has 0 radical (unpaired) electrons. The summed E-state index contributed by atoms with van der Waals surface area (Å²) in [5.74, 6) is 0.535. The van der Waals surface area contributed by atoms with Gasteiger partial charge in [-0.05, 0) is 38.1 Å². The minimum absolute atomic E-state index is 0.